The van der Waals surface area contributed by atoms with E-state index in [1.807, 2.05) is 13.1 Å². The van der Waals surface area contributed by atoms with Crippen molar-refractivity contribution in [2.75, 3.05) is 0 Å². The molecule has 8 heavy (non-hydrogen) atoms. The molecular formula is C6H9NSi. The van der Waals surface area contributed by atoms with Crippen LogP contribution in [0.5, 0.6) is 0 Å². The van der Waals surface area contributed by atoms with Crippen molar-refractivity contribution in [1.29, 1.82) is 0 Å². The summed E-state index contributed by atoms with van der Waals surface area (Å²) in [6.45, 7) is 2.05. The summed E-state index contributed by atoms with van der Waals surface area (Å²) in [6, 6.07) is 4.16. The monoisotopic (exact) mass is 123 g/mol. The quantitative estimate of drug-likeness (QED) is 0.419. The molecule has 0 aliphatic rings. The molecule has 0 fully saturated rings. The smallest absolute Gasteiger partial charge is 0.0623 e. The Kier molecular flexibility index (Phi) is 1.44. The van der Waals surface area contributed by atoms with E-state index in [-0.39, 0.29) is 0 Å². The van der Waals surface area contributed by atoms with Crippen LogP contribution in [0, 0.1) is 6.92 Å². The third-order valence-electron chi connectivity index (χ3n) is 1.06. The van der Waals surface area contributed by atoms with Crippen LogP contribution in [-0.2, 0) is 0 Å². The van der Waals surface area contributed by atoms with E-state index in [0.29, 0.717) is 0 Å². The molecule has 0 bridgehead atoms. The van der Waals surface area contributed by atoms with E-state index in [0.717, 1.165) is 10.2 Å². The van der Waals surface area contributed by atoms with Crippen molar-refractivity contribution in [3.63, 3.8) is 0 Å². The Bertz CT molecular complexity index is 147. The molecule has 42 valence electrons. The zero-order chi connectivity index (χ0) is 5.98. The minimum absolute atomic E-state index is 1.06. The third-order valence-corrected chi connectivity index (χ3v) is 1.65. The average Bonchev–Trinajstić information content (AvgIpc) is 1.77. The van der Waals surface area contributed by atoms with Gasteiger partial charge in [0, 0.05) is 11.5 Å². The number of rotatable bonds is 0. The van der Waals surface area contributed by atoms with Crippen LogP contribution in [0.3, 0.4) is 0 Å². The summed E-state index contributed by atoms with van der Waals surface area (Å²) in [6.07, 6.45) is 1.91. The zero-order valence-corrected chi connectivity index (χ0v) is 7.18. The summed E-state index contributed by atoms with van der Waals surface area (Å²) in [4.78, 5) is 4.14. The van der Waals surface area contributed by atoms with Gasteiger partial charge in [0.25, 0.3) is 0 Å². The Hall–Kier alpha value is -0.633. The summed E-state index contributed by atoms with van der Waals surface area (Å²) >= 11 is 0. The number of aromatic nitrogens is 1. The van der Waals surface area contributed by atoms with Crippen LogP contribution in [0.2, 0.25) is 0 Å². The van der Waals surface area contributed by atoms with Gasteiger partial charge in [-0.3, -0.25) is 4.98 Å². The molecule has 1 aromatic heterocycles. The van der Waals surface area contributed by atoms with Gasteiger partial charge in [-0.15, -0.1) is 0 Å². The minimum atomic E-state index is 1.06. The maximum atomic E-state index is 4.14. The summed E-state index contributed by atoms with van der Waals surface area (Å²) < 4.78 is 0. The van der Waals surface area contributed by atoms with Gasteiger partial charge in [0.05, 0.1) is 10.2 Å². The zero-order valence-electron chi connectivity index (χ0n) is 5.18. The Morgan fingerprint density at radius 2 is 2.25 bits per heavy atom. The minimum Gasteiger partial charge on any atom is -0.267 e. The van der Waals surface area contributed by atoms with Gasteiger partial charge in [-0.25, -0.2) is 0 Å². The van der Waals surface area contributed by atoms with E-state index in [4.69, 9.17) is 0 Å². The Balaban J connectivity index is 3.03. The molecule has 0 aromatic carbocycles. The number of hydrogen-bond donors (Lipinski definition) is 0. The highest BCUT2D eigenvalue weighted by molar-refractivity contribution is 6.30. The third kappa shape index (κ3) is 1.17. The molecule has 0 aliphatic carbocycles. The van der Waals surface area contributed by atoms with E-state index in [1.165, 1.54) is 10.9 Å². The highest BCUT2D eigenvalue weighted by atomic mass is 28.1. The number of hydrogen-bond acceptors (Lipinski definition) is 1. The van der Waals surface area contributed by atoms with Crippen molar-refractivity contribution in [3.8, 4) is 0 Å². The van der Waals surface area contributed by atoms with Crippen molar-refractivity contribution in [2.24, 2.45) is 0 Å². The highest BCUT2D eigenvalue weighted by Gasteiger charge is 1.81. The fourth-order valence-electron chi connectivity index (χ4n) is 0.542. The molecule has 0 atom stereocenters. The fraction of sp³-hybridized carbons (Fsp3) is 0.167. The molecular weight excluding hydrogens is 114 g/mol. The second-order valence-corrected chi connectivity index (χ2v) is 3.00. The summed E-state index contributed by atoms with van der Waals surface area (Å²) in [7, 11) is 1.06. The molecule has 0 radical (unpaired) electrons. The molecule has 1 heterocycles. The van der Waals surface area contributed by atoms with Crippen LogP contribution in [0.15, 0.2) is 18.3 Å². The van der Waals surface area contributed by atoms with Gasteiger partial charge in [0.1, 0.15) is 0 Å². The van der Waals surface area contributed by atoms with Gasteiger partial charge >= 0.3 is 0 Å². The second-order valence-electron chi connectivity index (χ2n) is 1.98. The van der Waals surface area contributed by atoms with Crippen LogP contribution in [-0.4, -0.2) is 15.2 Å². The first-order valence-corrected chi connectivity index (χ1v) is 3.68. The van der Waals surface area contributed by atoms with Gasteiger partial charge in [0.15, 0.2) is 0 Å². The van der Waals surface area contributed by atoms with Crippen LogP contribution in [0.25, 0.3) is 0 Å². The normalized spacial score (nSPS) is 9.62. The molecule has 0 unspecified atom stereocenters. The van der Waals surface area contributed by atoms with Gasteiger partial charge in [-0.05, 0) is 18.6 Å². The predicted octanol–water partition coefficient (Wildman–Crippen LogP) is -0.619. The summed E-state index contributed by atoms with van der Waals surface area (Å²) in [5, 5.41) is 1.22. The van der Waals surface area contributed by atoms with E-state index in [1.54, 1.807) is 0 Å². The van der Waals surface area contributed by atoms with Crippen molar-refractivity contribution >= 4 is 15.6 Å². The van der Waals surface area contributed by atoms with Crippen LogP contribution >= 0.6 is 0 Å². The van der Waals surface area contributed by atoms with Crippen molar-refractivity contribution in [2.45, 2.75) is 6.92 Å². The SMILES string of the molecule is Cc1ccc([SiH3])nc1. The van der Waals surface area contributed by atoms with Gasteiger partial charge < -0.3 is 0 Å². The maximum absolute atomic E-state index is 4.14. The molecule has 0 amide bonds. The first-order valence-electron chi connectivity index (χ1n) is 2.68. The van der Waals surface area contributed by atoms with E-state index >= 15 is 0 Å². The predicted molar refractivity (Wildman–Crippen MR) is 38.5 cm³/mol. The molecule has 1 aromatic rings. The Labute approximate surface area is 52.2 Å². The molecule has 2 heteroatoms. The largest absolute Gasteiger partial charge is 0.267 e. The van der Waals surface area contributed by atoms with E-state index < -0.39 is 0 Å². The Morgan fingerprint density at radius 1 is 1.50 bits per heavy atom. The average molecular weight is 123 g/mol. The molecule has 0 spiro atoms. The van der Waals surface area contributed by atoms with E-state index in [2.05, 4.69) is 17.1 Å². The first-order chi connectivity index (χ1) is 3.79. The maximum Gasteiger partial charge on any atom is 0.0623 e. The number of nitrogens with zero attached hydrogens (tertiary/aromatic N) is 1. The molecule has 0 saturated heterocycles. The molecule has 1 rings (SSSR count). The molecule has 1 nitrogen and oxygen atoms in total. The summed E-state index contributed by atoms with van der Waals surface area (Å²) in [5.41, 5.74) is 1.24. The summed E-state index contributed by atoms with van der Waals surface area (Å²) in [5.74, 6) is 0. The molecule has 0 saturated carbocycles. The van der Waals surface area contributed by atoms with E-state index in [9.17, 15) is 0 Å². The number of aryl methyl sites for hydroxylation is 1. The lowest BCUT2D eigenvalue weighted by Gasteiger charge is -1.89. The lowest BCUT2D eigenvalue weighted by Crippen LogP contribution is -2.05. The van der Waals surface area contributed by atoms with Gasteiger partial charge in [0.2, 0.25) is 0 Å². The molecule has 0 aliphatic heterocycles. The topological polar surface area (TPSA) is 12.9 Å². The lowest BCUT2D eigenvalue weighted by molar-refractivity contribution is 1.31. The number of pyridine rings is 1. The lowest BCUT2D eigenvalue weighted by atomic mass is 10.3. The van der Waals surface area contributed by atoms with Crippen molar-refractivity contribution < 1.29 is 0 Å². The van der Waals surface area contributed by atoms with Crippen molar-refractivity contribution in [1.82, 2.24) is 4.98 Å². The van der Waals surface area contributed by atoms with Gasteiger partial charge in [-0.1, -0.05) is 6.07 Å². The van der Waals surface area contributed by atoms with Crippen molar-refractivity contribution in [3.05, 3.63) is 23.9 Å². The second kappa shape index (κ2) is 2.09. The molecule has 0 N–H and O–H groups in total. The van der Waals surface area contributed by atoms with Gasteiger partial charge in [-0.2, -0.15) is 0 Å². The first kappa shape index (κ1) is 5.50. The fourth-order valence-corrected chi connectivity index (χ4v) is 0.838. The Morgan fingerprint density at radius 3 is 2.62 bits per heavy atom. The van der Waals surface area contributed by atoms with Crippen LogP contribution in [0.4, 0.5) is 0 Å². The standard InChI is InChI=1S/C6H9NSi/c1-5-2-3-6(8)7-4-5/h2-4H,1,8H3. The van der Waals surface area contributed by atoms with Crippen LogP contribution in [0.1, 0.15) is 5.56 Å². The highest BCUT2D eigenvalue weighted by Crippen LogP contribution is 1.86. The van der Waals surface area contributed by atoms with Crippen LogP contribution < -0.4 is 5.32 Å².